The number of nitrogens with two attached hydrogens (primary N) is 1. The molecule has 4 aromatic rings. The third-order valence-corrected chi connectivity index (χ3v) is 6.78. The number of nitrogens with one attached hydrogen (secondary N) is 2. The van der Waals surface area contributed by atoms with Gasteiger partial charge in [0.1, 0.15) is 10.3 Å². The van der Waals surface area contributed by atoms with Crippen molar-refractivity contribution in [3.63, 3.8) is 0 Å². The Balaban J connectivity index is 1.66. The molecule has 8 nitrogen and oxygen atoms in total. The van der Waals surface area contributed by atoms with E-state index in [1.165, 1.54) is 11.3 Å². The summed E-state index contributed by atoms with van der Waals surface area (Å²) in [6.45, 7) is 1.97. The van der Waals surface area contributed by atoms with E-state index in [1.54, 1.807) is 13.0 Å². The Morgan fingerprint density at radius 3 is 2.48 bits per heavy atom. The molecular formula is C23H21N5O3S2. The molecule has 1 atom stereocenters. The molecule has 0 aliphatic heterocycles. The summed E-state index contributed by atoms with van der Waals surface area (Å²) in [4.78, 5) is 31.0. The zero-order valence-corrected chi connectivity index (χ0v) is 19.3. The average molecular weight is 480 g/mol. The highest BCUT2D eigenvalue weighted by atomic mass is 32.2. The first-order chi connectivity index (χ1) is 16.0. The minimum Gasteiger partial charge on any atom is -0.462 e. The van der Waals surface area contributed by atoms with Crippen LogP contribution >= 0.6 is 23.1 Å². The Morgan fingerprint density at radius 1 is 1.15 bits per heavy atom. The molecule has 2 aromatic carbocycles. The predicted octanol–water partition coefficient (Wildman–Crippen LogP) is 4.76. The van der Waals surface area contributed by atoms with Crippen molar-refractivity contribution in [3.8, 4) is 10.4 Å². The predicted molar refractivity (Wildman–Crippen MR) is 130 cm³/mol. The molecule has 1 amide bonds. The molecule has 4 rings (SSSR count). The maximum absolute atomic E-state index is 13.4. The largest absolute Gasteiger partial charge is 0.462 e. The second kappa shape index (κ2) is 10.3. The van der Waals surface area contributed by atoms with Crippen LogP contribution in [0.25, 0.3) is 10.4 Å². The van der Waals surface area contributed by atoms with Gasteiger partial charge in [0, 0.05) is 4.88 Å². The fraction of sp³-hybridized carbons (Fsp3) is 0.130. The second-order valence-electron chi connectivity index (χ2n) is 6.84. The topological polar surface area (TPSA) is 123 Å². The second-order valence-corrected chi connectivity index (χ2v) is 8.97. The van der Waals surface area contributed by atoms with Crippen molar-refractivity contribution >= 4 is 45.9 Å². The highest BCUT2D eigenvalue weighted by Gasteiger charge is 2.27. The van der Waals surface area contributed by atoms with Gasteiger partial charge in [0.05, 0.1) is 12.2 Å². The standard InChI is InChI=1S/C23H21N5O3S2/c1-2-31-21(30)16-13-17(14-9-5-3-6-10-14)32-20(16)25-19(29)18(15-11-7-4-8-12-15)33-23-26-22(24)27-28-23/h3-13,18H,2H2,1H3,(H,25,29)(H3,24,26,27,28)/t18-/m0/s1. The zero-order chi connectivity index (χ0) is 23.2. The van der Waals surface area contributed by atoms with Crippen molar-refractivity contribution in [1.29, 1.82) is 0 Å². The molecule has 2 heterocycles. The summed E-state index contributed by atoms with van der Waals surface area (Å²) >= 11 is 2.48. The number of esters is 1. The molecule has 0 saturated heterocycles. The lowest BCUT2D eigenvalue weighted by Crippen LogP contribution is -2.20. The number of nitrogen functional groups attached to an aromatic ring is 1. The molecular weight excluding hydrogens is 458 g/mol. The summed E-state index contributed by atoms with van der Waals surface area (Å²) in [5, 5.41) is 9.64. The summed E-state index contributed by atoms with van der Waals surface area (Å²) in [5.41, 5.74) is 7.66. The maximum Gasteiger partial charge on any atom is 0.341 e. The van der Waals surface area contributed by atoms with E-state index in [9.17, 15) is 9.59 Å². The minimum absolute atomic E-state index is 0.167. The lowest BCUT2D eigenvalue weighted by atomic mass is 10.1. The molecule has 4 N–H and O–H groups in total. The third kappa shape index (κ3) is 5.41. The van der Waals surface area contributed by atoms with Gasteiger partial charge < -0.3 is 15.8 Å². The van der Waals surface area contributed by atoms with E-state index < -0.39 is 11.2 Å². The van der Waals surface area contributed by atoms with Gasteiger partial charge in [0.2, 0.25) is 17.0 Å². The lowest BCUT2D eigenvalue weighted by molar-refractivity contribution is -0.115. The first kappa shape index (κ1) is 22.6. The van der Waals surface area contributed by atoms with E-state index >= 15 is 0 Å². The number of hydrogen-bond donors (Lipinski definition) is 3. The maximum atomic E-state index is 13.4. The number of carbonyl (C=O) groups excluding carboxylic acids is 2. The van der Waals surface area contributed by atoms with Gasteiger partial charge >= 0.3 is 5.97 Å². The minimum atomic E-state index is -0.668. The molecule has 0 unspecified atom stereocenters. The number of nitrogens with zero attached hydrogens (tertiary/aromatic N) is 2. The van der Waals surface area contributed by atoms with E-state index in [4.69, 9.17) is 10.5 Å². The fourth-order valence-electron chi connectivity index (χ4n) is 3.08. The van der Waals surface area contributed by atoms with E-state index in [2.05, 4.69) is 20.5 Å². The number of aromatic nitrogens is 3. The molecule has 0 aliphatic rings. The number of amides is 1. The van der Waals surface area contributed by atoms with E-state index in [0.29, 0.717) is 15.7 Å². The molecule has 0 radical (unpaired) electrons. The Morgan fingerprint density at radius 2 is 1.85 bits per heavy atom. The van der Waals surface area contributed by atoms with Gasteiger partial charge in [-0.1, -0.05) is 72.4 Å². The number of aromatic amines is 1. The van der Waals surface area contributed by atoms with Crippen molar-refractivity contribution in [1.82, 2.24) is 15.2 Å². The normalized spacial score (nSPS) is 11.7. The van der Waals surface area contributed by atoms with Crippen LogP contribution in [0.4, 0.5) is 10.9 Å². The molecule has 33 heavy (non-hydrogen) atoms. The summed E-state index contributed by atoms with van der Waals surface area (Å²) in [7, 11) is 0. The number of carbonyl (C=O) groups is 2. The molecule has 0 saturated carbocycles. The first-order valence-electron chi connectivity index (χ1n) is 10.1. The number of rotatable bonds is 8. The van der Waals surface area contributed by atoms with Crippen molar-refractivity contribution in [2.24, 2.45) is 0 Å². The zero-order valence-electron chi connectivity index (χ0n) is 17.6. The number of thiophene rings is 1. The Kier molecular flexibility index (Phi) is 7.06. The van der Waals surface area contributed by atoms with Gasteiger partial charge in [-0.2, -0.15) is 4.98 Å². The fourth-order valence-corrected chi connectivity index (χ4v) is 5.06. The van der Waals surface area contributed by atoms with Crippen LogP contribution in [0.1, 0.15) is 28.1 Å². The number of benzene rings is 2. The summed E-state index contributed by atoms with van der Waals surface area (Å²) in [6, 6.07) is 20.7. The van der Waals surface area contributed by atoms with Gasteiger partial charge in [0.25, 0.3) is 0 Å². The lowest BCUT2D eigenvalue weighted by Gasteiger charge is -2.15. The average Bonchev–Trinajstić information content (AvgIpc) is 3.44. The van der Waals surface area contributed by atoms with Crippen LogP contribution in [0.5, 0.6) is 0 Å². The molecule has 10 heteroatoms. The monoisotopic (exact) mass is 479 g/mol. The molecule has 0 fully saturated rings. The number of H-pyrrole nitrogens is 1. The number of ether oxygens (including phenoxy) is 1. The summed E-state index contributed by atoms with van der Waals surface area (Å²) in [6.07, 6.45) is 0. The van der Waals surface area contributed by atoms with Gasteiger partial charge in [-0.3, -0.25) is 4.79 Å². The summed E-state index contributed by atoms with van der Waals surface area (Å²) in [5.74, 6) is -0.640. The van der Waals surface area contributed by atoms with Crippen molar-refractivity contribution in [3.05, 3.63) is 77.9 Å². The molecule has 0 aliphatic carbocycles. The Bertz CT molecular complexity index is 1240. The SMILES string of the molecule is CCOC(=O)c1cc(-c2ccccc2)sc1NC(=O)[C@@H](Sc1n[nH]c(N)n1)c1ccccc1. The van der Waals surface area contributed by atoms with Crippen molar-refractivity contribution < 1.29 is 14.3 Å². The van der Waals surface area contributed by atoms with Crippen LogP contribution in [0.15, 0.2) is 71.9 Å². The quantitative estimate of drug-likeness (QED) is 0.246. The van der Waals surface area contributed by atoms with Gasteiger partial charge in [0.15, 0.2) is 0 Å². The molecule has 2 aromatic heterocycles. The van der Waals surface area contributed by atoms with Crippen molar-refractivity contribution in [2.45, 2.75) is 17.3 Å². The van der Waals surface area contributed by atoms with Crippen LogP contribution in [0.3, 0.4) is 0 Å². The molecule has 0 spiro atoms. The molecule has 168 valence electrons. The first-order valence-corrected chi connectivity index (χ1v) is 11.8. The highest BCUT2D eigenvalue weighted by molar-refractivity contribution is 8.00. The summed E-state index contributed by atoms with van der Waals surface area (Å²) < 4.78 is 5.22. The van der Waals surface area contributed by atoms with Crippen LogP contribution in [-0.2, 0) is 9.53 Å². The van der Waals surface area contributed by atoms with Gasteiger partial charge in [-0.15, -0.1) is 16.4 Å². The van der Waals surface area contributed by atoms with Gasteiger partial charge in [-0.25, -0.2) is 9.89 Å². The Hall–Kier alpha value is -3.63. The highest BCUT2D eigenvalue weighted by Crippen LogP contribution is 2.39. The van der Waals surface area contributed by atoms with E-state index in [-0.39, 0.29) is 18.5 Å². The Labute approximate surface area is 198 Å². The van der Waals surface area contributed by atoms with Crippen LogP contribution in [0.2, 0.25) is 0 Å². The van der Waals surface area contributed by atoms with Crippen LogP contribution < -0.4 is 11.1 Å². The van der Waals surface area contributed by atoms with E-state index in [1.807, 2.05) is 60.7 Å². The van der Waals surface area contributed by atoms with Crippen LogP contribution in [0, 0.1) is 0 Å². The number of anilines is 2. The van der Waals surface area contributed by atoms with Crippen LogP contribution in [-0.4, -0.2) is 33.7 Å². The molecule has 0 bridgehead atoms. The third-order valence-electron chi connectivity index (χ3n) is 4.57. The smallest absolute Gasteiger partial charge is 0.341 e. The number of hydrogen-bond acceptors (Lipinski definition) is 8. The number of thioether (sulfide) groups is 1. The van der Waals surface area contributed by atoms with E-state index in [0.717, 1.165) is 27.8 Å². The van der Waals surface area contributed by atoms with Crippen molar-refractivity contribution in [2.75, 3.05) is 17.7 Å². The van der Waals surface area contributed by atoms with Gasteiger partial charge in [-0.05, 0) is 24.1 Å².